The van der Waals surface area contributed by atoms with E-state index in [0.29, 0.717) is 30.9 Å². The van der Waals surface area contributed by atoms with E-state index in [4.69, 9.17) is 10.00 Å². The summed E-state index contributed by atoms with van der Waals surface area (Å²) in [4.78, 5) is 15.4. The number of anilines is 1. The Morgan fingerprint density at radius 2 is 1.73 bits per heavy atom. The van der Waals surface area contributed by atoms with Gasteiger partial charge in [0.2, 0.25) is 0 Å². The van der Waals surface area contributed by atoms with Gasteiger partial charge in [-0.15, -0.1) is 0 Å². The molecule has 3 aromatic rings. The molecule has 3 atom stereocenters. The number of carbonyl (C=O) groups excluding carboxylic acids is 1. The summed E-state index contributed by atoms with van der Waals surface area (Å²) >= 11 is 0. The fraction of sp³-hybridized carbons (Fsp3) is 0.394. The first-order valence-electron chi connectivity index (χ1n) is 14.7. The van der Waals surface area contributed by atoms with Crippen molar-refractivity contribution in [3.8, 4) is 6.07 Å². The van der Waals surface area contributed by atoms with Crippen LogP contribution in [0, 0.1) is 11.3 Å². The van der Waals surface area contributed by atoms with Gasteiger partial charge < -0.3 is 20.1 Å². The number of hydrogen-bond acceptors (Lipinski definition) is 7. The summed E-state index contributed by atoms with van der Waals surface area (Å²) in [5.74, 6) is -0.483. The van der Waals surface area contributed by atoms with Crippen LogP contribution in [0.4, 0.5) is 18.9 Å². The Kier molecular flexibility index (Phi) is 11.3. The van der Waals surface area contributed by atoms with Crippen LogP contribution in [0.15, 0.2) is 77.7 Å². The minimum absolute atomic E-state index is 0.0189. The SMILES string of the molecule is CCS(=O)(=O)c1ccc([C@H](CO)NC(=O)c2ccc(N3CC(c4ccc(C(F)(F)F)cc4)CC[C@H]3COCCC#N)cc2)cc1. The zero-order valence-electron chi connectivity index (χ0n) is 24.8. The first-order valence-corrected chi connectivity index (χ1v) is 16.3. The molecule has 1 aliphatic heterocycles. The summed E-state index contributed by atoms with van der Waals surface area (Å²) in [5, 5.41) is 21.6. The number of rotatable bonds is 12. The normalized spacial score (nSPS) is 17.8. The zero-order chi connectivity index (χ0) is 32.6. The number of benzene rings is 3. The molecule has 3 aromatic carbocycles. The maximum absolute atomic E-state index is 13.1. The van der Waals surface area contributed by atoms with Gasteiger partial charge in [0.05, 0.1) is 60.6 Å². The number of nitrogens with zero attached hydrogens (tertiary/aromatic N) is 2. The van der Waals surface area contributed by atoms with Gasteiger partial charge in [-0.2, -0.15) is 18.4 Å². The second kappa shape index (κ2) is 14.9. The smallest absolute Gasteiger partial charge is 0.394 e. The summed E-state index contributed by atoms with van der Waals surface area (Å²) in [6, 6.07) is 19.5. The van der Waals surface area contributed by atoms with Crippen LogP contribution in [0.3, 0.4) is 0 Å². The fourth-order valence-corrected chi connectivity index (χ4v) is 6.31. The van der Waals surface area contributed by atoms with Gasteiger partial charge >= 0.3 is 6.18 Å². The van der Waals surface area contributed by atoms with Gasteiger partial charge in [0.1, 0.15) is 0 Å². The van der Waals surface area contributed by atoms with Gasteiger partial charge in [0.25, 0.3) is 5.91 Å². The Morgan fingerprint density at radius 1 is 1.07 bits per heavy atom. The van der Waals surface area contributed by atoms with Crippen LogP contribution in [0.5, 0.6) is 0 Å². The molecular formula is C33H36F3N3O5S. The Hall–Kier alpha value is -3.92. The molecule has 1 unspecified atom stereocenters. The third-order valence-corrected chi connectivity index (χ3v) is 9.81. The van der Waals surface area contributed by atoms with Crippen LogP contribution < -0.4 is 10.2 Å². The van der Waals surface area contributed by atoms with Gasteiger partial charge in [0.15, 0.2) is 9.84 Å². The molecule has 0 aliphatic carbocycles. The number of halogens is 3. The first-order chi connectivity index (χ1) is 21.5. The largest absolute Gasteiger partial charge is 0.416 e. The average Bonchev–Trinajstić information content (AvgIpc) is 3.05. The van der Waals surface area contributed by atoms with E-state index < -0.39 is 40.1 Å². The van der Waals surface area contributed by atoms with Crippen molar-refractivity contribution in [1.29, 1.82) is 5.26 Å². The van der Waals surface area contributed by atoms with Gasteiger partial charge in [-0.3, -0.25) is 4.79 Å². The van der Waals surface area contributed by atoms with Crippen LogP contribution >= 0.6 is 0 Å². The summed E-state index contributed by atoms with van der Waals surface area (Å²) in [5.41, 5.74) is 1.83. The molecule has 0 radical (unpaired) electrons. The highest BCUT2D eigenvalue weighted by Gasteiger charge is 2.32. The number of nitrogens with one attached hydrogen (secondary N) is 1. The summed E-state index contributed by atoms with van der Waals surface area (Å²) < 4.78 is 69.3. The number of sulfone groups is 1. The third-order valence-electron chi connectivity index (χ3n) is 8.05. The van der Waals surface area contributed by atoms with Crippen molar-refractivity contribution in [1.82, 2.24) is 5.32 Å². The van der Waals surface area contributed by atoms with Crippen LogP contribution in [-0.2, 0) is 20.8 Å². The van der Waals surface area contributed by atoms with Crippen molar-refractivity contribution in [3.05, 3.63) is 95.1 Å². The number of aliphatic hydroxyl groups is 1. The number of carbonyl (C=O) groups is 1. The van der Waals surface area contributed by atoms with Crippen molar-refractivity contribution >= 4 is 21.4 Å². The maximum Gasteiger partial charge on any atom is 0.416 e. The molecule has 0 aromatic heterocycles. The monoisotopic (exact) mass is 643 g/mol. The molecule has 1 fully saturated rings. The van der Waals surface area contributed by atoms with Gasteiger partial charge in [-0.25, -0.2) is 8.42 Å². The third kappa shape index (κ3) is 8.63. The lowest BCUT2D eigenvalue weighted by Gasteiger charge is -2.41. The number of nitriles is 1. The van der Waals surface area contributed by atoms with Crippen LogP contribution in [0.1, 0.15) is 65.2 Å². The molecule has 240 valence electrons. The number of ether oxygens (including phenoxy) is 1. The molecule has 0 bridgehead atoms. The van der Waals surface area contributed by atoms with E-state index in [1.165, 1.54) is 24.3 Å². The quantitative estimate of drug-likeness (QED) is 0.245. The molecule has 0 spiro atoms. The summed E-state index contributed by atoms with van der Waals surface area (Å²) in [6.45, 7) is 2.36. The van der Waals surface area contributed by atoms with Crippen molar-refractivity contribution in [2.24, 2.45) is 0 Å². The van der Waals surface area contributed by atoms with E-state index in [-0.39, 0.29) is 29.0 Å². The topological polar surface area (TPSA) is 120 Å². The Bertz CT molecular complexity index is 1570. The first kappa shape index (κ1) is 34.0. The molecule has 1 amide bonds. The Balaban J connectivity index is 1.49. The maximum atomic E-state index is 13.1. The highest BCUT2D eigenvalue weighted by atomic mass is 32.2. The van der Waals surface area contributed by atoms with Crippen LogP contribution in [0.25, 0.3) is 0 Å². The Labute approximate surface area is 261 Å². The van der Waals surface area contributed by atoms with E-state index in [0.717, 1.165) is 36.2 Å². The van der Waals surface area contributed by atoms with Gasteiger partial charge in [-0.05, 0) is 72.5 Å². The van der Waals surface area contributed by atoms with Crippen LogP contribution in [0.2, 0.25) is 0 Å². The number of amides is 1. The number of alkyl halides is 3. The summed E-state index contributed by atoms with van der Waals surface area (Å²) in [7, 11) is -3.38. The lowest BCUT2D eigenvalue weighted by atomic mass is 9.86. The molecule has 4 rings (SSSR count). The standard InChI is InChI=1S/C33H36F3N3O5S/c1-2-45(42,43)30-16-9-24(10-17-30)31(21-40)38-32(41)25-6-13-28(14-7-25)39-20-26(8-15-29(39)22-44-19-3-18-37)23-4-11-27(12-5-23)33(34,35)36/h4-7,9-14,16-17,26,29,31,40H,2-3,8,15,19-22H2,1H3,(H,38,41)/t26?,29-,31-/m0/s1. The average molecular weight is 644 g/mol. The number of aliphatic hydroxyl groups excluding tert-OH is 1. The fourth-order valence-electron chi connectivity index (χ4n) is 5.42. The molecule has 2 N–H and O–H groups in total. The molecule has 45 heavy (non-hydrogen) atoms. The van der Waals surface area contributed by atoms with E-state index in [2.05, 4.69) is 16.3 Å². The minimum atomic E-state index is -4.41. The highest BCUT2D eigenvalue weighted by molar-refractivity contribution is 7.91. The predicted octanol–water partition coefficient (Wildman–Crippen LogP) is 5.65. The molecule has 1 heterocycles. The molecule has 0 saturated carbocycles. The molecule has 12 heteroatoms. The Morgan fingerprint density at radius 3 is 2.31 bits per heavy atom. The van der Waals surface area contributed by atoms with E-state index in [1.807, 2.05) is 0 Å². The summed E-state index contributed by atoms with van der Waals surface area (Å²) in [6.07, 6.45) is -2.67. The number of piperidine rings is 1. The minimum Gasteiger partial charge on any atom is -0.394 e. The second-order valence-corrected chi connectivity index (χ2v) is 13.2. The second-order valence-electron chi connectivity index (χ2n) is 10.9. The van der Waals surface area contributed by atoms with E-state index >= 15 is 0 Å². The van der Waals surface area contributed by atoms with Gasteiger partial charge in [0, 0.05) is 23.7 Å². The molecule has 1 saturated heterocycles. The van der Waals surface area contributed by atoms with Crippen LogP contribution in [-0.4, -0.2) is 57.6 Å². The van der Waals surface area contributed by atoms with Crippen molar-refractivity contribution in [2.75, 3.05) is 37.0 Å². The van der Waals surface area contributed by atoms with E-state index in [9.17, 15) is 31.5 Å². The van der Waals surface area contributed by atoms with Gasteiger partial charge in [-0.1, -0.05) is 31.2 Å². The molecule has 1 aliphatic rings. The molecular weight excluding hydrogens is 607 g/mol. The molecule has 8 nitrogen and oxygen atoms in total. The lowest BCUT2D eigenvalue weighted by molar-refractivity contribution is -0.137. The lowest BCUT2D eigenvalue weighted by Crippen LogP contribution is -2.45. The predicted molar refractivity (Wildman–Crippen MR) is 164 cm³/mol. The number of hydrogen-bond donors (Lipinski definition) is 2. The highest BCUT2D eigenvalue weighted by Crippen LogP contribution is 2.36. The zero-order valence-corrected chi connectivity index (χ0v) is 25.7. The van der Waals surface area contributed by atoms with Crippen molar-refractivity contribution in [2.45, 2.75) is 55.3 Å². The van der Waals surface area contributed by atoms with E-state index in [1.54, 1.807) is 43.3 Å². The van der Waals surface area contributed by atoms with Crippen molar-refractivity contribution in [3.63, 3.8) is 0 Å². The van der Waals surface area contributed by atoms with Crippen molar-refractivity contribution < 1.29 is 36.2 Å².